The number of amides is 1. The lowest BCUT2D eigenvalue weighted by atomic mass is 10.2. The van der Waals surface area contributed by atoms with Gasteiger partial charge in [0.15, 0.2) is 0 Å². The molecule has 12 heavy (non-hydrogen) atoms. The Labute approximate surface area is 74.9 Å². The predicted octanol–water partition coefficient (Wildman–Crippen LogP) is 0.982. The molecule has 0 rings (SSSR count). The summed E-state index contributed by atoms with van der Waals surface area (Å²) in [6.07, 6.45) is 2.83. The molecule has 3 heteroatoms. The third-order valence-electron chi connectivity index (χ3n) is 2.11. The van der Waals surface area contributed by atoms with E-state index in [1.165, 1.54) is 12.8 Å². The molecule has 0 heterocycles. The van der Waals surface area contributed by atoms with Crippen molar-refractivity contribution in [1.29, 1.82) is 0 Å². The van der Waals surface area contributed by atoms with E-state index < -0.39 is 0 Å². The molecule has 0 aromatic carbocycles. The van der Waals surface area contributed by atoms with E-state index in [1.807, 2.05) is 14.0 Å². The van der Waals surface area contributed by atoms with Crippen LogP contribution in [0.5, 0.6) is 0 Å². The minimum atomic E-state index is -0.217. The Morgan fingerprint density at radius 1 is 1.58 bits per heavy atom. The van der Waals surface area contributed by atoms with Gasteiger partial charge in [-0.25, -0.2) is 0 Å². The van der Waals surface area contributed by atoms with Crippen molar-refractivity contribution in [1.82, 2.24) is 4.90 Å². The lowest BCUT2D eigenvalue weighted by molar-refractivity contribution is -0.119. The van der Waals surface area contributed by atoms with Crippen molar-refractivity contribution in [2.24, 2.45) is 5.73 Å². The number of nitrogens with zero attached hydrogens (tertiary/aromatic N) is 1. The standard InChI is InChI=1S/C9H20N2O/c1-4-5-6-11(3)8(2)7-9(10)12/h8H,4-7H2,1-3H3,(H2,10,12). The molecule has 0 aliphatic carbocycles. The third kappa shape index (κ3) is 5.13. The van der Waals surface area contributed by atoms with Crippen molar-refractivity contribution < 1.29 is 4.79 Å². The van der Waals surface area contributed by atoms with E-state index in [0.717, 1.165) is 6.54 Å². The summed E-state index contributed by atoms with van der Waals surface area (Å²) in [6.45, 7) is 5.23. The zero-order valence-electron chi connectivity index (χ0n) is 8.34. The normalized spacial score (nSPS) is 13.3. The van der Waals surface area contributed by atoms with E-state index in [-0.39, 0.29) is 11.9 Å². The largest absolute Gasteiger partial charge is 0.370 e. The summed E-state index contributed by atoms with van der Waals surface area (Å²) in [7, 11) is 2.03. The average Bonchev–Trinajstić information content (AvgIpc) is 1.98. The van der Waals surface area contributed by atoms with Gasteiger partial charge in [0.25, 0.3) is 0 Å². The summed E-state index contributed by atoms with van der Waals surface area (Å²) >= 11 is 0. The highest BCUT2D eigenvalue weighted by atomic mass is 16.1. The van der Waals surface area contributed by atoms with Crippen molar-refractivity contribution in [3.8, 4) is 0 Å². The first kappa shape index (κ1) is 11.4. The van der Waals surface area contributed by atoms with Crippen molar-refractivity contribution in [2.45, 2.75) is 39.2 Å². The molecule has 1 unspecified atom stereocenters. The molecule has 1 amide bonds. The molecule has 0 saturated heterocycles. The van der Waals surface area contributed by atoms with E-state index in [2.05, 4.69) is 11.8 Å². The first-order chi connectivity index (χ1) is 5.57. The highest BCUT2D eigenvalue weighted by Gasteiger charge is 2.10. The molecule has 3 nitrogen and oxygen atoms in total. The fourth-order valence-corrected chi connectivity index (χ4v) is 1.07. The van der Waals surface area contributed by atoms with Crippen LogP contribution in [0.2, 0.25) is 0 Å². The summed E-state index contributed by atoms with van der Waals surface area (Å²) in [6, 6.07) is 0.272. The summed E-state index contributed by atoms with van der Waals surface area (Å²) < 4.78 is 0. The quantitative estimate of drug-likeness (QED) is 0.649. The third-order valence-corrected chi connectivity index (χ3v) is 2.11. The van der Waals surface area contributed by atoms with E-state index in [9.17, 15) is 4.79 Å². The Morgan fingerprint density at radius 3 is 2.58 bits per heavy atom. The van der Waals surface area contributed by atoms with Gasteiger partial charge in [-0.05, 0) is 26.9 Å². The van der Waals surface area contributed by atoms with E-state index in [0.29, 0.717) is 6.42 Å². The molecule has 0 aromatic heterocycles. The highest BCUT2D eigenvalue weighted by molar-refractivity contribution is 5.74. The van der Waals surface area contributed by atoms with Crippen molar-refractivity contribution >= 4 is 5.91 Å². The van der Waals surface area contributed by atoms with Gasteiger partial charge in [0.1, 0.15) is 0 Å². The summed E-state index contributed by atoms with van der Waals surface area (Å²) in [5.41, 5.74) is 5.09. The van der Waals surface area contributed by atoms with Gasteiger partial charge in [0, 0.05) is 12.5 Å². The van der Waals surface area contributed by atoms with E-state index >= 15 is 0 Å². The van der Waals surface area contributed by atoms with Gasteiger partial charge in [-0.3, -0.25) is 4.79 Å². The zero-order chi connectivity index (χ0) is 9.56. The number of nitrogens with two attached hydrogens (primary N) is 1. The van der Waals surface area contributed by atoms with Crippen LogP contribution in [0.15, 0.2) is 0 Å². The number of primary amides is 1. The lowest BCUT2D eigenvalue weighted by Crippen LogP contribution is -2.33. The minimum absolute atomic E-state index is 0.217. The second-order valence-corrected chi connectivity index (χ2v) is 3.35. The summed E-state index contributed by atoms with van der Waals surface area (Å²) in [5, 5.41) is 0. The van der Waals surface area contributed by atoms with Crippen molar-refractivity contribution in [3.05, 3.63) is 0 Å². The number of carbonyl (C=O) groups excluding carboxylic acids is 1. The van der Waals surface area contributed by atoms with Gasteiger partial charge < -0.3 is 10.6 Å². The highest BCUT2D eigenvalue weighted by Crippen LogP contribution is 2.01. The van der Waals surface area contributed by atoms with Crippen LogP contribution in [0, 0.1) is 0 Å². The van der Waals surface area contributed by atoms with Crippen molar-refractivity contribution in [2.75, 3.05) is 13.6 Å². The van der Waals surface area contributed by atoms with Crippen LogP contribution < -0.4 is 5.73 Å². The molecule has 0 spiro atoms. The van der Waals surface area contributed by atoms with Gasteiger partial charge in [0.05, 0.1) is 0 Å². The monoisotopic (exact) mass is 172 g/mol. The molecule has 2 N–H and O–H groups in total. The van der Waals surface area contributed by atoms with Gasteiger partial charge >= 0.3 is 0 Å². The van der Waals surface area contributed by atoms with Crippen molar-refractivity contribution in [3.63, 3.8) is 0 Å². The molecule has 1 atom stereocenters. The molecular weight excluding hydrogens is 152 g/mol. The molecule has 0 aliphatic rings. The first-order valence-electron chi connectivity index (χ1n) is 4.56. The van der Waals surface area contributed by atoms with Crippen LogP contribution in [0.3, 0.4) is 0 Å². The average molecular weight is 172 g/mol. The Kier molecular flexibility index (Phi) is 5.72. The maximum atomic E-state index is 10.6. The number of carbonyl (C=O) groups is 1. The summed E-state index contributed by atoms with van der Waals surface area (Å²) in [4.78, 5) is 12.8. The topological polar surface area (TPSA) is 46.3 Å². The SMILES string of the molecule is CCCCN(C)C(C)CC(N)=O. The van der Waals surface area contributed by atoms with Gasteiger partial charge in [-0.15, -0.1) is 0 Å². The summed E-state index contributed by atoms with van der Waals surface area (Å²) in [5.74, 6) is -0.217. The maximum absolute atomic E-state index is 10.6. The number of unbranched alkanes of at least 4 members (excludes halogenated alkanes) is 1. The van der Waals surface area contributed by atoms with Crippen LogP contribution in [0.4, 0.5) is 0 Å². The van der Waals surface area contributed by atoms with Crippen LogP contribution >= 0.6 is 0 Å². The number of rotatable bonds is 6. The zero-order valence-corrected chi connectivity index (χ0v) is 8.34. The molecule has 0 aromatic rings. The number of hydrogen-bond acceptors (Lipinski definition) is 2. The number of hydrogen-bond donors (Lipinski definition) is 1. The Hall–Kier alpha value is -0.570. The molecule has 0 aliphatic heterocycles. The second-order valence-electron chi connectivity index (χ2n) is 3.35. The molecule has 0 bridgehead atoms. The molecule has 0 radical (unpaired) electrons. The smallest absolute Gasteiger partial charge is 0.218 e. The Morgan fingerprint density at radius 2 is 2.17 bits per heavy atom. The fraction of sp³-hybridized carbons (Fsp3) is 0.889. The van der Waals surface area contributed by atoms with Crippen LogP contribution in [-0.2, 0) is 4.79 Å². The minimum Gasteiger partial charge on any atom is -0.370 e. The first-order valence-corrected chi connectivity index (χ1v) is 4.56. The molecule has 72 valence electrons. The van der Waals surface area contributed by atoms with Gasteiger partial charge in [-0.1, -0.05) is 13.3 Å². The Balaban J connectivity index is 3.60. The lowest BCUT2D eigenvalue weighted by Gasteiger charge is -2.23. The van der Waals surface area contributed by atoms with Gasteiger partial charge in [-0.2, -0.15) is 0 Å². The van der Waals surface area contributed by atoms with E-state index in [4.69, 9.17) is 5.73 Å². The Bertz CT molecular complexity index is 136. The van der Waals surface area contributed by atoms with Crippen LogP contribution in [-0.4, -0.2) is 30.4 Å². The maximum Gasteiger partial charge on any atom is 0.218 e. The van der Waals surface area contributed by atoms with Crippen LogP contribution in [0.1, 0.15) is 33.1 Å². The molecule has 0 fully saturated rings. The van der Waals surface area contributed by atoms with E-state index in [1.54, 1.807) is 0 Å². The fourth-order valence-electron chi connectivity index (χ4n) is 1.07. The second kappa shape index (κ2) is 6.00. The predicted molar refractivity (Wildman–Crippen MR) is 50.8 cm³/mol. The molecule has 0 saturated carbocycles. The van der Waals surface area contributed by atoms with Gasteiger partial charge in [0.2, 0.25) is 5.91 Å². The molecular formula is C9H20N2O. The van der Waals surface area contributed by atoms with Crippen LogP contribution in [0.25, 0.3) is 0 Å².